The highest BCUT2D eigenvalue weighted by molar-refractivity contribution is 5.99. The van der Waals surface area contributed by atoms with Gasteiger partial charge >= 0.3 is 0 Å². The minimum absolute atomic E-state index is 0.00853. The average molecular weight is 323 g/mol. The molecule has 3 heterocycles. The van der Waals surface area contributed by atoms with Gasteiger partial charge in [0.25, 0.3) is 0 Å². The van der Waals surface area contributed by atoms with Gasteiger partial charge in [0, 0.05) is 50.8 Å². The van der Waals surface area contributed by atoms with Crippen LogP contribution in [0.3, 0.4) is 0 Å². The Kier molecular flexibility index (Phi) is 4.13. The van der Waals surface area contributed by atoms with Crippen molar-refractivity contribution in [2.24, 2.45) is 0 Å². The van der Waals surface area contributed by atoms with Crippen LogP contribution in [-0.2, 0) is 4.79 Å². The number of hydrogen-bond acceptors (Lipinski definition) is 5. The van der Waals surface area contributed by atoms with Crippen molar-refractivity contribution in [3.05, 3.63) is 48.9 Å². The van der Waals surface area contributed by atoms with E-state index in [-0.39, 0.29) is 11.9 Å². The van der Waals surface area contributed by atoms with Crippen molar-refractivity contribution in [3.8, 4) is 0 Å². The van der Waals surface area contributed by atoms with Gasteiger partial charge in [-0.15, -0.1) is 0 Å². The van der Waals surface area contributed by atoms with E-state index in [1.54, 1.807) is 18.6 Å². The van der Waals surface area contributed by atoms with Gasteiger partial charge in [0.1, 0.15) is 5.82 Å². The number of amides is 1. The Morgan fingerprint density at radius 1 is 0.958 bits per heavy atom. The van der Waals surface area contributed by atoms with Gasteiger partial charge in [0.15, 0.2) is 0 Å². The van der Waals surface area contributed by atoms with E-state index in [1.165, 1.54) is 0 Å². The van der Waals surface area contributed by atoms with Crippen LogP contribution in [0, 0.1) is 0 Å². The zero-order valence-electron chi connectivity index (χ0n) is 13.6. The van der Waals surface area contributed by atoms with Crippen LogP contribution in [0.25, 0.3) is 0 Å². The number of anilines is 2. The predicted molar refractivity (Wildman–Crippen MR) is 93.0 cm³/mol. The van der Waals surface area contributed by atoms with E-state index in [9.17, 15) is 4.79 Å². The van der Waals surface area contributed by atoms with Crippen LogP contribution in [0.2, 0.25) is 0 Å². The normalized spacial score (nSPS) is 22.2. The van der Waals surface area contributed by atoms with E-state index in [1.807, 2.05) is 35.2 Å². The molecule has 2 aromatic rings. The molecule has 1 aromatic heterocycles. The van der Waals surface area contributed by atoms with Crippen LogP contribution in [0.15, 0.2) is 48.9 Å². The molecule has 1 unspecified atom stereocenters. The van der Waals surface area contributed by atoms with Gasteiger partial charge in [-0.25, -0.2) is 4.98 Å². The molecule has 2 aliphatic heterocycles. The van der Waals surface area contributed by atoms with Crippen molar-refractivity contribution in [1.82, 2.24) is 14.9 Å². The van der Waals surface area contributed by atoms with Gasteiger partial charge in [-0.3, -0.25) is 14.7 Å². The quantitative estimate of drug-likeness (QED) is 0.855. The average Bonchev–Trinajstić information content (AvgIpc) is 3.05. The molecule has 0 aliphatic carbocycles. The second-order valence-corrected chi connectivity index (χ2v) is 6.22. The van der Waals surface area contributed by atoms with Gasteiger partial charge < -0.3 is 9.80 Å². The topological polar surface area (TPSA) is 52.6 Å². The third-order valence-electron chi connectivity index (χ3n) is 4.87. The minimum atomic E-state index is 0.00853. The highest BCUT2D eigenvalue weighted by atomic mass is 16.2. The molecule has 0 spiro atoms. The Morgan fingerprint density at radius 2 is 1.75 bits per heavy atom. The summed E-state index contributed by atoms with van der Waals surface area (Å²) < 4.78 is 0. The summed E-state index contributed by atoms with van der Waals surface area (Å²) >= 11 is 0. The SMILES string of the molecule is O=C1C(N2CCN(c3cnccn3)CC2)CCN1c1ccccc1. The molecule has 6 heteroatoms. The van der Waals surface area contributed by atoms with Gasteiger partial charge in [-0.05, 0) is 18.6 Å². The molecule has 0 radical (unpaired) electrons. The van der Waals surface area contributed by atoms with Crippen LogP contribution >= 0.6 is 0 Å². The maximum absolute atomic E-state index is 12.8. The van der Waals surface area contributed by atoms with Gasteiger partial charge in [0.2, 0.25) is 5.91 Å². The molecule has 2 saturated heterocycles. The van der Waals surface area contributed by atoms with Crippen molar-refractivity contribution in [3.63, 3.8) is 0 Å². The van der Waals surface area contributed by atoms with Crippen molar-refractivity contribution >= 4 is 17.4 Å². The summed E-state index contributed by atoms with van der Waals surface area (Å²) in [5.41, 5.74) is 1.00. The third-order valence-corrected chi connectivity index (χ3v) is 4.87. The predicted octanol–water partition coefficient (Wildman–Crippen LogP) is 1.40. The van der Waals surface area contributed by atoms with E-state index < -0.39 is 0 Å². The first-order valence-electron chi connectivity index (χ1n) is 8.44. The van der Waals surface area contributed by atoms with Crippen LogP contribution in [0.4, 0.5) is 11.5 Å². The Morgan fingerprint density at radius 3 is 2.46 bits per heavy atom. The fraction of sp³-hybridized carbons (Fsp3) is 0.389. The number of carbonyl (C=O) groups is 1. The second-order valence-electron chi connectivity index (χ2n) is 6.22. The van der Waals surface area contributed by atoms with Crippen LogP contribution in [0.1, 0.15) is 6.42 Å². The molecule has 124 valence electrons. The lowest BCUT2D eigenvalue weighted by molar-refractivity contribution is -0.121. The second kappa shape index (κ2) is 6.57. The van der Waals surface area contributed by atoms with Crippen LogP contribution in [0.5, 0.6) is 0 Å². The summed E-state index contributed by atoms with van der Waals surface area (Å²) in [7, 11) is 0. The van der Waals surface area contributed by atoms with Crippen molar-refractivity contribution < 1.29 is 4.79 Å². The summed E-state index contributed by atoms with van der Waals surface area (Å²) in [4.78, 5) is 27.8. The molecule has 1 amide bonds. The largest absolute Gasteiger partial charge is 0.353 e. The summed E-state index contributed by atoms with van der Waals surface area (Å²) in [6, 6.07) is 9.96. The Balaban J connectivity index is 1.39. The number of nitrogens with zero attached hydrogens (tertiary/aromatic N) is 5. The molecule has 6 nitrogen and oxygen atoms in total. The standard InChI is InChI=1S/C18H21N5O/c24-18-16(6-9-23(18)15-4-2-1-3-5-15)21-10-12-22(13-11-21)17-14-19-7-8-20-17/h1-5,7-8,14,16H,6,9-13H2. The van der Waals surface area contributed by atoms with Crippen molar-refractivity contribution in [2.75, 3.05) is 42.5 Å². The molecule has 2 fully saturated rings. The Bertz CT molecular complexity index is 685. The van der Waals surface area contributed by atoms with E-state index in [0.29, 0.717) is 0 Å². The number of benzene rings is 1. The molecule has 24 heavy (non-hydrogen) atoms. The fourth-order valence-electron chi connectivity index (χ4n) is 3.59. The van der Waals surface area contributed by atoms with Gasteiger partial charge in [0.05, 0.1) is 12.2 Å². The van der Waals surface area contributed by atoms with Gasteiger partial charge in [-0.2, -0.15) is 0 Å². The number of rotatable bonds is 3. The monoisotopic (exact) mass is 323 g/mol. The summed E-state index contributed by atoms with van der Waals surface area (Å²) in [5, 5.41) is 0. The number of carbonyl (C=O) groups excluding carboxylic acids is 1. The number of para-hydroxylation sites is 1. The Hall–Kier alpha value is -2.47. The van der Waals surface area contributed by atoms with E-state index >= 15 is 0 Å². The number of piperazine rings is 1. The summed E-state index contributed by atoms with van der Waals surface area (Å²) in [6.07, 6.45) is 6.11. The fourth-order valence-corrected chi connectivity index (χ4v) is 3.59. The molecular formula is C18H21N5O. The molecule has 0 bridgehead atoms. The highest BCUT2D eigenvalue weighted by Crippen LogP contribution is 2.25. The maximum atomic E-state index is 12.8. The maximum Gasteiger partial charge on any atom is 0.244 e. The third kappa shape index (κ3) is 2.85. The van der Waals surface area contributed by atoms with E-state index in [4.69, 9.17) is 0 Å². The lowest BCUT2D eigenvalue weighted by Gasteiger charge is -2.37. The summed E-state index contributed by atoms with van der Waals surface area (Å²) in [6.45, 7) is 4.34. The molecule has 2 aliphatic rings. The minimum Gasteiger partial charge on any atom is -0.353 e. The molecule has 4 rings (SSSR count). The van der Waals surface area contributed by atoms with Crippen LogP contribution in [-0.4, -0.2) is 59.5 Å². The molecule has 1 atom stereocenters. The number of aromatic nitrogens is 2. The lowest BCUT2D eigenvalue weighted by atomic mass is 10.2. The van der Waals surface area contributed by atoms with Crippen LogP contribution < -0.4 is 9.80 Å². The van der Waals surface area contributed by atoms with E-state index in [2.05, 4.69) is 19.8 Å². The first kappa shape index (κ1) is 15.1. The van der Waals surface area contributed by atoms with Crippen molar-refractivity contribution in [2.45, 2.75) is 12.5 Å². The van der Waals surface area contributed by atoms with Gasteiger partial charge in [-0.1, -0.05) is 18.2 Å². The first-order valence-corrected chi connectivity index (χ1v) is 8.44. The zero-order chi connectivity index (χ0) is 16.4. The summed E-state index contributed by atoms with van der Waals surface area (Å²) in [5.74, 6) is 1.15. The zero-order valence-corrected chi connectivity index (χ0v) is 13.6. The van der Waals surface area contributed by atoms with Crippen molar-refractivity contribution in [1.29, 1.82) is 0 Å². The molecule has 0 N–H and O–H groups in total. The molecule has 1 aromatic carbocycles. The first-order chi connectivity index (χ1) is 11.8. The lowest BCUT2D eigenvalue weighted by Crippen LogP contribution is -2.52. The smallest absolute Gasteiger partial charge is 0.244 e. The highest BCUT2D eigenvalue weighted by Gasteiger charge is 2.37. The Labute approximate surface area is 141 Å². The van der Waals surface area contributed by atoms with E-state index in [0.717, 1.165) is 50.6 Å². The molecular weight excluding hydrogens is 302 g/mol. The molecule has 0 saturated carbocycles. The number of hydrogen-bond donors (Lipinski definition) is 0.